The molecule has 0 amide bonds. The molecule has 0 aromatic carbocycles. The summed E-state index contributed by atoms with van der Waals surface area (Å²) in [6.45, 7) is 4.63. The van der Waals surface area contributed by atoms with Crippen molar-refractivity contribution in [1.29, 1.82) is 0 Å². The van der Waals surface area contributed by atoms with Gasteiger partial charge in [0.2, 0.25) is 0 Å². The molecule has 2 N–H and O–H groups in total. The lowest BCUT2D eigenvalue weighted by Crippen LogP contribution is -2.39. The molecule has 5 heteroatoms. The van der Waals surface area contributed by atoms with Crippen molar-refractivity contribution < 1.29 is 0 Å². The van der Waals surface area contributed by atoms with E-state index in [0.29, 0.717) is 11.3 Å². The van der Waals surface area contributed by atoms with Gasteiger partial charge in [0.1, 0.15) is 6.33 Å². The summed E-state index contributed by atoms with van der Waals surface area (Å²) in [4.78, 5) is 4.23. The van der Waals surface area contributed by atoms with Gasteiger partial charge in [-0.25, -0.2) is 4.98 Å². The second kappa shape index (κ2) is 5.47. The van der Waals surface area contributed by atoms with Gasteiger partial charge in [0.05, 0.1) is 0 Å². The summed E-state index contributed by atoms with van der Waals surface area (Å²) in [6, 6.07) is 0.323. The highest BCUT2D eigenvalue weighted by molar-refractivity contribution is 8.01. The lowest BCUT2D eigenvalue weighted by molar-refractivity contribution is 0.266. The van der Waals surface area contributed by atoms with Crippen LogP contribution >= 0.6 is 23.3 Å². The van der Waals surface area contributed by atoms with Crippen LogP contribution in [0.2, 0.25) is 0 Å². The lowest BCUT2D eigenvalue weighted by Gasteiger charge is -2.35. The van der Waals surface area contributed by atoms with Crippen LogP contribution in [-0.4, -0.2) is 20.6 Å². The van der Waals surface area contributed by atoms with Gasteiger partial charge in [0.25, 0.3) is 0 Å². The number of hydrogen-bond acceptors (Lipinski definition) is 5. The molecule has 3 atom stereocenters. The third kappa shape index (κ3) is 2.96. The van der Waals surface area contributed by atoms with Gasteiger partial charge in [-0.05, 0) is 42.6 Å². The van der Waals surface area contributed by atoms with E-state index in [-0.39, 0.29) is 0 Å². The fourth-order valence-corrected chi connectivity index (χ4v) is 4.24. The Morgan fingerprint density at radius 2 is 2.31 bits per heavy atom. The Hall–Kier alpha value is -0.130. The van der Waals surface area contributed by atoms with Crippen LogP contribution in [0, 0.1) is 11.8 Å². The Kier molecular flexibility index (Phi) is 4.21. The maximum Gasteiger partial charge on any atom is 0.170 e. The van der Waals surface area contributed by atoms with Crippen molar-refractivity contribution >= 4 is 23.3 Å². The summed E-state index contributed by atoms with van der Waals surface area (Å²) >= 11 is 3.29. The summed E-state index contributed by atoms with van der Waals surface area (Å²) < 4.78 is 5.10. The first-order valence-corrected chi connectivity index (χ1v) is 7.51. The Morgan fingerprint density at radius 1 is 1.50 bits per heavy atom. The van der Waals surface area contributed by atoms with Gasteiger partial charge in [-0.2, -0.15) is 4.37 Å². The minimum absolute atomic E-state index is 0.323. The molecule has 1 aromatic rings. The first-order valence-electron chi connectivity index (χ1n) is 5.85. The molecule has 1 aliphatic carbocycles. The van der Waals surface area contributed by atoms with Crippen molar-refractivity contribution in [2.45, 2.75) is 48.7 Å². The average molecular weight is 257 g/mol. The van der Waals surface area contributed by atoms with E-state index in [2.05, 4.69) is 23.2 Å². The molecular weight excluding hydrogens is 238 g/mol. The van der Waals surface area contributed by atoms with E-state index in [1.165, 1.54) is 24.4 Å². The molecule has 0 bridgehead atoms. The highest BCUT2D eigenvalue weighted by Crippen LogP contribution is 2.38. The molecule has 3 nitrogen and oxygen atoms in total. The summed E-state index contributed by atoms with van der Waals surface area (Å²) in [5.74, 6) is 1.59. The first-order chi connectivity index (χ1) is 7.66. The maximum absolute atomic E-state index is 6.19. The van der Waals surface area contributed by atoms with E-state index in [1.54, 1.807) is 6.33 Å². The zero-order valence-corrected chi connectivity index (χ0v) is 11.4. The quantitative estimate of drug-likeness (QED) is 0.904. The summed E-state index contributed by atoms with van der Waals surface area (Å²) in [5, 5.41) is 0.522. The molecule has 0 radical (unpaired) electrons. The molecule has 3 unspecified atom stereocenters. The second-order valence-electron chi connectivity index (χ2n) is 4.84. The van der Waals surface area contributed by atoms with Gasteiger partial charge < -0.3 is 5.73 Å². The highest BCUT2D eigenvalue weighted by atomic mass is 32.2. The van der Waals surface area contributed by atoms with E-state index in [1.807, 2.05) is 11.8 Å². The van der Waals surface area contributed by atoms with Crippen molar-refractivity contribution in [2.75, 3.05) is 0 Å². The van der Waals surface area contributed by atoms with Crippen LogP contribution in [0.3, 0.4) is 0 Å². The van der Waals surface area contributed by atoms with Crippen molar-refractivity contribution in [2.24, 2.45) is 17.6 Å². The number of thioether (sulfide) groups is 1. The van der Waals surface area contributed by atoms with Crippen LogP contribution in [0.1, 0.15) is 33.1 Å². The van der Waals surface area contributed by atoms with Crippen LogP contribution < -0.4 is 5.73 Å². The third-order valence-electron chi connectivity index (χ3n) is 3.42. The Balaban J connectivity index is 1.96. The van der Waals surface area contributed by atoms with E-state index in [9.17, 15) is 0 Å². The molecule has 1 saturated carbocycles. The summed E-state index contributed by atoms with van der Waals surface area (Å²) in [5.41, 5.74) is 6.19. The molecule has 1 heterocycles. The zero-order valence-electron chi connectivity index (χ0n) is 9.80. The van der Waals surface area contributed by atoms with Crippen molar-refractivity contribution in [3.05, 3.63) is 6.33 Å². The topological polar surface area (TPSA) is 51.8 Å². The number of hydrogen-bond donors (Lipinski definition) is 1. The summed E-state index contributed by atoms with van der Waals surface area (Å²) in [7, 11) is 0. The summed E-state index contributed by atoms with van der Waals surface area (Å²) in [6.07, 6.45) is 5.29. The van der Waals surface area contributed by atoms with Crippen molar-refractivity contribution in [3.63, 3.8) is 0 Å². The standard InChI is InChI=1S/C11H19N3S2/c1-7(2)8-3-4-9(12)10(5-8)15-11-13-6-14-16-11/h6-10H,3-5,12H2,1-2H3. The van der Waals surface area contributed by atoms with E-state index in [4.69, 9.17) is 5.73 Å². The Labute approximate surface area is 105 Å². The Bertz CT molecular complexity index is 313. The molecule has 0 spiro atoms. The number of nitrogens with zero attached hydrogens (tertiary/aromatic N) is 2. The average Bonchev–Trinajstić information content (AvgIpc) is 2.73. The van der Waals surface area contributed by atoms with Crippen LogP contribution in [0.25, 0.3) is 0 Å². The fourth-order valence-electron chi connectivity index (χ4n) is 2.27. The fraction of sp³-hybridized carbons (Fsp3) is 0.818. The smallest absolute Gasteiger partial charge is 0.170 e. The number of aromatic nitrogens is 2. The normalized spacial score (nSPS) is 30.9. The van der Waals surface area contributed by atoms with Crippen LogP contribution in [0.4, 0.5) is 0 Å². The minimum atomic E-state index is 0.323. The van der Waals surface area contributed by atoms with Crippen LogP contribution in [-0.2, 0) is 0 Å². The molecule has 90 valence electrons. The molecule has 1 aliphatic rings. The number of nitrogens with two attached hydrogens (primary N) is 1. The molecular formula is C11H19N3S2. The number of rotatable bonds is 3. The molecule has 0 saturated heterocycles. The molecule has 0 aliphatic heterocycles. The van der Waals surface area contributed by atoms with Crippen LogP contribution in [0.5, 0.6) is 0 Å². The third-order valence-corrected chi connectivity index (χ3v) is 5.54. The first kappa shape index (κ1) is 12.3. The van der Waals surface area contributed by atoms with Crippen molar-refractivity contribution in [1.82, 2.24) is 9.36 Å². The van der Waals surface area contributed by atoms with Crippen LogP contribution in [0.15, 0.2) is 10.7 Å². The Morgan fingerprint density at radius 3 is 2.94 bits per heavy atom. The second-order valence-corrected chi connectivity index (χ2v) is 7.11. The largest absolute Gasteiger partial charge is 0.327 e. The minimum Gasteiger partial charge on any atom is -0.327 e. The zero-order chi connectivity index (χ0) is 11.5. The van der Waals surface area contributed by atoms with E-state index in [0.717, 1.165) is 22.6 Å². The monoisotopic (exact) mass is 257 g/mol. The predicted molar refractivity (Wildman–Crippen MR) is 69.7 cm³/mol. The lowest BCUT2D eigenvalue weighted by atomic mass is 9.79. The van der Waals surface area contributed by atoms with Gasteiger partial charge in [-0.3, -0.25) is 0 Å². The van der Waals surface area contributed by atoms with Gasteiger partial charge in [-0.1, -0.05) is 25.6 Å². The van der Waals surface area contributed by atoms with E-state index >= 15 is 0 Å². The SMILES string of the molecule is CC(C)C1CCC(N)C(Sc2ncns2)C1. The molecule has 1 fully saturated rings. The van der Waals surface area contributed by atoms with Crippen molar-refractivity contribution in [3.8, 4) is 0 Å². The highest BCUT2D eigenvalue weighted by Gasteiger charge is 2.30. The maximum atomic E-state index is 6.19. The molecule has 1 aromatic heterocycles. The molecule has 16 heavy (non-hydrogen) atoms. The van der Waals surface area contributed by atoms with Gasteiger partial charge >= 0.3 is 0 Å². The van der Waals surface area contributed by atoms with Gasteiger partial charge in [0, 0.05) is 11.3 Å². The predicted octanol–water partition coefficient (Wildman–Crippen LogP) is 2.78. The van der Waals surface area contributed by atoms with Gasteiger partial charge in [0.15, 0.2) is 4.34 Å². The molecule has 2 rings (SSSR count). The van der Waals surface area contributed by atoms with Gasteiger partial charge in [-0.15, -0.1) is 0 Å². The van der Waals surface area contributed by atoms with E-state index < -0.39 is 0 Å².